The van der Waals surface area contributed by atoms with E-state index in [2.05, 4.69) is 4.72 Å². The van der Waals surface area contributed by atoms with E-state index in [1.165, 1.54) is 12.3 Å². The minimum Gasteiger partial charge on any atom is -0.468 e. The Labute approximate surface area is 121 Å². The first kappa shape index (κ1) is 15.2. The normalized spacial score (nSPS) is 11.5. The van der Waals surface area contributed by atoms with Gasteiger partial charge in [0.1, 0.15) is 5.76 Å². The summed E-state index contributed by atoms with van der Waals surface area (Å²) in [6.07, 6.45) is 1.44. The Morgan fingerprint density at radius 3 is 2.62 bits per heavy atom. The van der Waals surface area contributed by atoms with Gasteiger partial charge in [0, 0.05) is 11.6 Å². The number of nitro benzene ring substituents is 1. The highest BCUT2D eigenvalue weighted by Gasteiger charge is 2.21. The van der Waals surface area contributed by atoms with Crippen LogP contribution in [0.2, 0.25) is 0 Å². The second kappa shape index (κ2) is 5.66. The molecule has 0 aliphatic rings. The molecule has 7 nitrogen and oxygen atoms in total. The zero-order valence-electron chi connectivity index (χ0n) is 11.5. The number of hydrogen-bond acceptors (Lipinski definition) is 5. The maximum Gasteiger partial charge on any atom is 0.273 e. The van der Waals surface area contributed by atoms with Crippen LogP contribution in [0.4, 0.5) is 5.69 Å². The van der Waals surface area contributed by atoms with Crippen molar-refractivity contribution in [1.29, 1.82) is 0 Å². The van der Waals surface area contributed by atoms with E-state index in [9.17, 15) is 18.5 Å². The second-order valence-electron chi connectivity index (χ2n) is 4.55. The SMILES string of the molecule is Cc1cc(S(=O)(=O)NCc2ccco2)cc([N+](=O)[O-])c1C. The number of nitrogens with zero attached hydrogens (tertiary/aromatic N) is 1. The third kappa shape index (κ3) is 3.29. The first-order valence-electron chi connectivity index (χ1n) is 6.09. The highest BCUT2D eigenvalue weighted by Crippen LogP contribution is 2.25. The molecule has 2 rings (SSSR count). The van der Waals surface area contributed by atoms with Crippen LogP contribution < -0.4 is 4.72 Å². The molecule has 0 amide bonds. The van der Waals surface area contributed by atoms with Crippen molar-refractivity contribution in [2.75, 3.05) is 0 Å². The predicted molar refractivity (Wildman–Crippen MR) is 75.3 cm³/mol. The van der Waals surface area contributed by atoms with Gasteiger partial charge in [0.25, 0.3) is 5.69 Å². The van der Waals surface area contributed by atoms with E-state index in [0.29, 0.717) is 16.9 Å². The van der Waals surface area contributed by atoms with E-state index in [1.807, 2.05) is 0 Å². The average Bonchev–Trinajstić information content (AvgIpc) is 2.92. The third-order valence-corrected chi connectivity index (χ3v) is 4.52. The van der Waals surface area contributed by atoms with Crippen LogP contribution in [0.3, 0.4) is 0 Å². The third-order valence-electron chi connectivity index (χ3n) is 3.14. The number of aryl methyl sites for hydroxylation is 1. The number of sulfonamides is 1. The van der Waals surface area contributed by atoms with Crippen LogP contribution in [0.5, 0.6) is 0 Å². The van der Waals surface area contributed by atoms with Crippen LogP contribution in [0.1, 0.15) is 16.9 Å². The van der Waals surface area contributed by atoms with Crippen molar-refractivity contribution in [3.63, 3.8) is 0 Å². The van der Waals surface area contributed by atoms with Gasteiger partial charge in [-0.3, -0.25) is 10.1 Å². The summed E-state index contributed by atoms with van der Waals surface area (Å²) in [6, 6.07) is 5.75. The summed E-state index contributed by atoms with van der Waals surface area (Å²) in [5, 5.41) is 11.0. The maximum atomic E-state index is 12.2. The Hall–Kier alpha value is -2.19. The molecule has 0 unspecified atom stereocenters. The van der Waals surface area contributed by atoms with Gasteiger partial charge in [-0.25, -0.2) is 13.1 Å². The molecule has 0 bridgehead atoms. The Kier molecular flexibility index (Phi) is 4.10. The largest absolute Gasteiger partial charge is 0.468 e. The first-order valence-corrected chi connectivity index (χ1v) is 7.57. The van der Waals surface area contributed by atoms with Crippen molar-refractivity contribution in [3.05, 3.63) is 57.5 Å². The van der Waals surface area contributed by atoms with Crippen molar-refractivity contribution in [2.24, 2.45) is 0 Å². The lowest BCUT2D eigenvalue weighted by molar-refractivity contribution is -0.385. The molecule has 0 fully saturated rings. The minimum absolute atomic E-state index is 0.0178. The van der Waals surface area contributed by atoms with E-state index in [0.717, 1.165) is 6.07 Å². The molecule has 21 heavy (non-hydrogen) atoms. The Morgan fingerprint density at radius 1 is 1.33 bits per heavy atom. The standard InChI is InChI=1S/C13H14N2O5S/c1-9-6-12(7-13(10(9)2)15(16)17)21(18,19)14-8-11-4-3-5-20-11/h3-7,14H,8H2,1-2H3. The van der Waals surface area contributed by atoms with Gasteiger partial charge in [-0.15, -0.1) is 0 Å². The molecule has 1 aromatic carbocycles. The summed E-state index contributed by atoms with van der Waals surface area (Å²) < 4.78 is 31.8. The van der Waals surface area contributed by atoms with Gasteiger partial charge in [-0.2, -0.15) is 0 Å². The molecular weight excluding hydrogens is 296 g/mol. The monoisotopic (exact) mass is 310 g/mol. The second-order valence-corrected chi connectivity index (χ2v) is 6.31. The molecule has 1 heterocycles. The summed E-state index contributed by atoms with van der Waals surface area (Å²) in [6.45, 7) is 3.20. The molecule has 8 heteroatoms. The molecule has 0 saturated carbocycles. The quantitative estimate of drug-likeness (QED) is 0.674. The van der Waals surface area contributed by atoms with Crippen LogP contribution in [-0.2, 0) is 16.6 Å². The molecule has 2 aromatic rings. The summed E-state index contributed by atoms with van der Waals surface area (Å²) in [4.78, 5) is 10.2. The predicted octanol–water partition coefficient (Wildman–Crippen LogP) is 2.28. The van der Waals surface area contributed by atoms with Crippen LogP contribution >= 0.6 is 0 Å². The van der Waals surface area contributed by atoms with Gasteiger partial charge >= 0.3 is 0 Å². The lowest BCUT2D eigenvalue weighted by atomic mass is 10.1. The zero-order chi connectivity index (χ0) is 15.6. The molecule has 0 radical (unpaired) electrons. The van der Waals surface area contributed by atoms with E-state index >= 15 is 0 Å². The molecule has 0 saturated heterocycles. The fraction of sp³-hybridized carbons (Fsp3) is 0.231. The Balaban J connectivity index is 2.33. The number of nitrogens with one attached hydrogen (secondary N) is 1. The minimum atomic E-state index is -3.85. The zero-order valence-corrected chi connectivity index (χ0v) is 12.3. The van der Waals surface area contributed by atoms with E-state index in [-0.39, 0.29) is 17.1 Å². The van der Waals surface area contributed by atoms with Gasteiger partial charge in [0.2, 0.25) is 10.0 Å². The lowest BCUT2D eigenvalue weighted by Gasteiger charge is -2.08. The van der Waals surface area contributed by atoms with Gasteiger partial charge < -0.3 is 4.42 Å². The van der Waals surface area contributed by atoms with E-state index in [4.69, 9.17) is 4.42 Å². The van der Waals surface area contributed by atoms with Crippen LogP contribution in [0.15, 0.2) is 39.8 Å². The van der Waals surface area contributed by atoms with Crippen molar-refractivity contribution in [3.8, 4) is 0 Å². The number of rotatable bonds is 5. The molecule has 112 valence electrons. The average molecular weight is 310 g/mol. The highest BCUT2D eigenvalue weighted by molar-refractivity contribution is 7.89. The summed E-state index contributed by atoms with van der Waals surface area (Å²) in [5.41, 5.74) is 0.779. The van der Waals surface area contributed by atoms with Gasteiger partial charge in [-0.1, -0.05) is 0 Å². The molecule has 1 N–H and O–H groups in total. The number of benzene rings is 1. The van der Waals surface area contributed by atoms with E-state index < -0.39 is 14.9 Å². The van der Waals surface area contributed by atoms with Gasteiger partial charge in [-0.05, 0) is 37.6 Å². The highest BCUT2D eigenvalue weighted by atomic mass is 32.2. The van der Waals surface area contributed by atoms with E-state index in [1.54, 1.807) is 26.0 Å². The van der Waals surface area contributed by atoms with Crippen molar-refractivity contribution < 1.29 is 17.8 Å². The lowest BCUT2D eigenvalue weighted by Crippen LogP contribution is -2.23. The van der Waals surface area contributed by atoms with Crippen molar-refractivity contribution in [2.45, 2.75) is 25.3 Å². The van der Waals surface area contributed by atoms with Crippen LogP contribution in [-0.4, -0.2) is 13.3 Å². The van der Waals surface area contributed by atoms with Gasteiger partial charge in [0.05, 0.1) is 22.6 Å². The van der Waals surface area contributed by atoms with Crippen LogP contribution in [0.25, 0.3) is 0 Å². The topological polar surface area (TPSA) is 102 Å². The van der Waals surface area contributed by atoms with Crippen LogP contribution in [0, 0.1) is 24.0 Å². The Bertz CT molecular complexity index is 766. The maximum absolute atomic E-state index is 12.2. The molecule has 0 spiro atoms. The molecule has 0 atom stereocenters. The number of hydrogen-bond donors (Lipinski definition) is 1. The molecule has 0 aliphatic carbocycles. The van der Waals surface area contributed by atoms with Crippen molar-refractivity contribution >= 4 is 15.7 Å². The molecular formula is C13H14N2O5S. The number of nitro groups is 1. The smallest absolute Gasteiger partial charge is 0.273 e. The van der Waals surface area contributed by atoms with Gasteiger partial charge in [0.15, 0.2) is 0 Å². The Morgan fingerprint density at radius 2 is 2.05 bits per heavy atom. The summed E-state index contributed by atoms with van der Waals surface area (Å²) in [7, 11) is -3.85. The molecule has 1 aromatic heterocycles. The summed E-state index contributed by atoms with van der Waals surface area (Å²) in [5.74, 6) is 0.455. The van der Waals surface area contributed by atoms with Crippen molar-refractivity contribution in [1.82, 2.24) is 4.72 Å². The fourth-order valence-corrected chi connectivity index (χ4v) is 2.91. The fourth-order valence-electron chi connectivity index (χ4n) is 1.82. The first-order chi connectivity index (χ1) is 9.81. The molecule has 0 aliphatic heterocycles. The number of furan rings is 1. The summed E-state index contributed by atoms with van der Waals surface area (Å²) >= 11 is 0.